The summed E-state index contributed by atoms with van der Waals surface area (Å²) in [4.78, 5) is 12.7. The van der Waals surface area contributed by atoms with E-state index in [0.717, 1.165) is 23.9 Å². The molecule has 0 bridgehead atoms. The number of piperidine rings is 1. The number of hydrogen-bond donors (Lipinski definition) is 1. The summed E-state index contributed by atoms with van der Waals surface area (Å²) in [6.45, 7) is 1.95. The van der Waals surface area contributed by atoms with Gasteiger partial charge in [-0.05, 0) is 49.9 Å². The zero-order valence-electron chi connectivity index (χ0n) is 14.0. The largest absolute Gasteiger partial charge is 0.376 e. The lowest BCUT2D eigenvalue weighted by Gasteiger charge is -2.31. The van der Waals surface area contributed by atoms with Crippen molar-refractivity contribution in [1.82, 2.24) is 9.62 Å². The Balaban J connectivity index is 1.61. The number of nitrogens with zero attached hydrogens (tertiary/aromatic N) is 1. The Labute approximate surface area is 157 Å². The molecule has 138 valence electrons. The van der Waals surface area contributed by atoms with Gasteiger partial charge in [0.1, 0.15) is 0 Å². The number of ether oxygens (including phenoxy) is 1. The van der Waals surface area contributed by atoms with Crippen molar-refractivity contribution in [1.29, 1.82) is 0 Å². The summed E-state index contributed by atoms with van der Waals surface area (Å²) in [5, 5.41) is 2.92. The molecule has 0 aromatic heterocycles. The maximum Gasteiger partial charge on any atom is 0.243 e. The molecule has 2 aliphatic rings. The quantitative estimate of drug-likeness (QED) is 0.776. The molecule has 0 aliphatic carbocycles. The highest BCUT2D eigenvalue weighted by Crippen LogP contribution is 2.25. The summed E-state index contributed by atoms with van der Waals surface area (Å²) in [6.07, 6.45) is 3.49. The normalized spacial score (nSPS) is 25.0. The minimum absolute atomic E-state index is 0.0776. The summed E-state index contributed by atoms with van der Waals surface area (Å²) < 4.78 is 33.4. The van der Waals surface area contributed by atoms with Gasteiger partial charge in [0, 0.05) is 30.7 Å². The van der Waals surface area contributed by atoms with Crippen molar-refractivity contribution in [2.75, 3.05) is 26.2 Å². The van der Waals surface area contributed by atoms with Crippen LogP contribution in [0.2, 0.25) is 0 Å². The molecule has 1 N–H and O–H groups in total. The van der Waals surface area contributed by atoms with Crippen LogP contribution in [0.5, 0.6) is 0 Å². The second-order valence-electron chi connectivity index (χ2n) is 6.54. The maximum absolute atomic E-state index is 12.8. The molecule has 0 spiro atoms. The number of carbonyl (C=O) groups is 1. The van der Waals surface area contributed by atoms with E-state index < -0.39 is 10.0 Å². The van der Waals surface area contributed by atoms with Crippen LogP contribution in [0.1, 0.15) is 25.7 Å². The van der Waals surface area contributed by atoms with E-state index in [9.17, 15) is 13.2 Å². The van der Waals surface area contributed by atoms with Gasteiger partial charge in [-0.3, -0.25) is 4.79 Å². The van der Waals surface area contributed by atoms with Gasteiger partial charge < -0.3 is 10.1 Å². The lowest BCUT2D eigenvalue weighted by atomic mass is 9.99. The van der Waals surface area contributed by atoms with Crippen molar-refractivity contribution >= 4 is 31.9 Å². The minimum atomic E-state index is -3.57. The molecule has 25 heavy (non-hydrogen) atoms. The van der Waals surface area contributed by atoms with Crippen LogP contribution >= 0.6 is 15.9 Å². The molecular formula is C17H23BrN2O4S. The first-order valence-corrected chi connectivity index (χ1v) is 10.8. The zero-order valence-corrected chi connectivity index (χ0v) is 16.4. The van der Waals surface area contributed by atoms with E-state index in [1.165, 1.54) is 4.31 Å². The van der Waals surface area contributed by atoms with E-state index >= 15 is 0 Å². The second-order valence-corrected chi connectivity index (χ2v) is 9.39. The van der Waals surface area contributed by atoms with Crippen LogP contribution in [0.25, 0.3) is 0 Å². The van der Waals surface area contributed by atoms with Gasteiger partial charge in [-0.1, -0.05) is 15.9 Å². The van der Waals surface area contributed by atoms with Crippen LogP contribution in [0.15, 0.2) is 33.6 Å². The first-order valence-electron chi connectivity index (χ1n) is 8.62. The van der Waals surface area contributed by atoms with E-state index in [0.29, 0.717) is 25.9 Å². The number of halogens is 1. The second kappa shape index (κ2) is 8.16. The minimum Gasteiger partial charge on any atom is -0.376 e. The van der Waals surface area contributed by atoms with Crippen LogP contribution in [0, 0.1) is 5.92 Å². The molecule has 8 heteroatoms. The van der Waals surface area contributed by atoms with Crippen LogP contribution in [0.3, 0.4) is 0 Å². The van der Waals surface area contributed by atoms with Crippen LogP contribution in [0.4, 0.5) is 0 Å². The van der Waals surface area contributed by atoms with Crippen LogP contribution in [-0.4, -0.2) is 51.0 Å². The standard InChI is InChI=1S/C17H23BrN2O4S/c18-14-5-7-16(8-6-14)25(22,23)20-9-1-3-13(12-20)17(21)19-11-15-4-2-10-24-15/h5-8,13,15H,1-4,9-12H2,(H,19,21)/t13-,15-/m0/s1. The van der Waals surface area contributed by atoms with Gasteiger partial charge in [-0.2, -0.15) is 4.31 Å². The highest BCUT2D eigenvalue weighted by Gasteiger charge is 2.33. The first-order chi connectivity index (χ1) is 12.0. The van der Waals surface area contributed by atoms with Crippen molar-refractivity contribution in [3.05, 3.63) is 28.7 Å². The molecule has 6 nitrogen and oxygen atoms in total. The molecule has 2 fully saturated rings. The molecule has 0 saturated carbocycles. The van der Waals surface area contributed by atoms with Crippen molar-refractivity contribution < 1.29 is 17.9 Å². The fourth-order valence-electron chi connectivity index (χ4n) is 3.29. The van der Waals surface area contributed by atoms with Gasteiger partial charge in [0.15, 0.2) is 0 Å². The summed E-state index contributed by atoms with van der Waals surface area (Å²) in [5.41, 5.74) is 0. The number of hydrogen-bond acceptors (Lipinski definition) is 4. The topological polar surface area (TPSA) is 75.7 Å². The summed E-state index contributed by atoms with van der Waals surface area (Å²) >= 11 is 3.31. The Kier molecular flexibility index (Phi) is 6.14. The average molecular weight is 431 g/mol. The highest BCUT2D eigenvalue weighted by molar-refractivity contribution is 9.10. The maximum atomic E-state index is 12.8. The van der Waals surface area contributed by atoms with Gasteiger partial charge in [-0.15, -0.1) is 0 Å². The van der Waals surface area contributed by atoms with E-state index in [-0.39, 0.29) is 29.4 Å². The molecule has 2 atom stereocenters. The van der Waals surface area contributed by atoms with Crippen LogP contribution in [-0.2, 0) is 19.6 Å². The van der Waals surface area contributed by atoms with E-state index in [1.807, 2.05) is 0 Å². The summed E-state index contributed by atoms with van der Waals surface area (Å²) in [7, 11) is -3.57. The van der Waals surface area contributed by atoms with Crippen LogP contribution < -0.4 is 5.32 Å². The third-order valence-electron chi connectivity index (χ3n) is 4.73. The molecule has 1 aromatic carbocycles. The Hall–Kier alpha value is -0.960. The van der Waals surface area contributed by atoms with Gasteiger partial charge in [-0.25, -0.2) is 8.42 Å². The molecular weight excluding hydrogens is 408 g/mol. The van der Waals surface area contributed by atoms with Crippen molar-refractivity contribution in [3.63, 3.8) is 0 Å². The highest BCUT2D eigenvalue weighted by atomic mass is 79.9. The third-order valence-corrected chi connectivity index (χ3v) is 7.14. The molecule has 3 rings (SSSR count). The first kappa shape index (κ1) is 18.8. The number of sulfonamides is 1. The van der Waals surface area contributed by atoms with E-state index in [1.54, 1.807) is 24.3 Å². The van der Waals surface area contributed by atoms with Gasteiger partial charge in [0.2, 0.25) is 15.9 Å². The van der Waals surface area contributed by atoms with Crippen molar-refractivity contribution in [2.45, 2.75) is 36.7 Å². The molecule has 1 amide bonds. The molecule has 2 saturated heterocycles. The molecule has 2 aliphatic heterocycles. The number of carbonyl (C=O) groups excluding carboxylic acids is 1. The Morgan fingerprint density at radius 2 is 2.00 bits per heavy atom. The fourth-order valence-corrected chi connectivity index (χ4v) is 5.08. The Bertz CT molecular complexity index is 702. The number of nitrogens with one attached hydrogen (secondary N) is 1. The number of benzene rings is 1. The monoisotopic (exact) mass is 430 g/mol. The van der Waals surface area contributed by atoms with Gasteiger partial charge in [0.25, 0.3) is 0 Å². The van der Waals surface area contributed by atoms with Gasteiger partial charge >= 0.3 is 0 Å². The summed E-state index contributed by atoms with van der Waals surface area (Å²) in [5.74, 6) is -0.383. The lowest BCUT2D eigenvalue weighted by Crippen LogP contribution is -2.46. The average Bonchev–Trinajstić information content (AvgIpc) is 3.14. The number of amides is 1. The Morgan fingerprint density at radius 3 is 2.68 bits per heavy atom. The Morgan fingerprint density at radius 1 is 1.24 bits per heavy atom. The molecule has 1 aromatic rings. The predicted molar refractivity (Wildman–Crippen MR) is 97.6 cm³/mol. The lowest BCUT2D eigenvalue weighted by molar-refractivity contribution is -0.126. The fraction of sp³-hybridized carbons (Fsp3) is 0.588. The molecule has 0 unspecified atom stereocenters. The van der Waals surface area contributed by atoms with E-state index in [2.05, 4.69) is 21.2 Å². The SMILES string of the molecule is O=C(NC[C@@H]1CCCO1)[C@H]1CCCN(S(=O)(=O)c2ccc(Br)cc2)C1. The molecule has 0 radical (unpaired) electrons. The van der Waals surface area contributed by atoms with Crippen molar-refractivity contribution in [2.24, 2.45) is 5.92 Å². The third kappa shape index (κ3) is 4.61. The summed E-state index contributed by atoms with van der Waals surface area (Å²) in [6, 6.07) is 6.59. The smallest absolute Gasteiger partial charge is 0.243 e. The van der Waals surface area contributed by atoms with Gasteiger partial charge in [0.05, 0.1) is 16.9 Å². The number of rotatable bonds is 5. The molecule has 2 heterocycles. The zero-order chi connectivity index (χ0) is 17.9. The van der Waals surface area contributed by atoms with Crippen molar-refractivity contribution in [3.8, 4) is 0 Å². The van der Waals surface area contributed by atoms with E-state index in [4.69, 9.17) is 4.74 Å². The predicted octanol–water partition coefficient (Wildman–Crippen LogP) is 2.14.